The molecule has 43 heavy (non-hydrogen) atoms. The molecule has 2 rings (SSSR count). The smallest absolute Gasteiger partial charge is 0.326 e. The van der Waals surface area contributed by atoms with Gasteiger partial charge in [-0.2, -0.15) is 0 Å². The highest BCUT2D eigenvalue weighted by Crippen LogP contribution is 2.19. The number of aliphatic carboxylic acids is 1. The molecule has 0 fully saturated rings. The monoisotopic (exact) mass is 601 g/mol. The van der Waals surface area contributed by atoms with E-state index in [-0.39, 0.29) is 37.6 Å². The van der Waals surface area contributed by atoms with Gasteiger partial charge in [0, 0.05) is 30.1 Å². The lowest BCUT2D eigenvalue weighted by Crippen LogP contribution is -2.57. The van der Waals surface area contributed by atoms with Crippen molar-refractivity contribution in [2.75, 3.05) is 13.1 Å². The summed E-state index contributed by atoms with van der Waals surface area (Å²) in [5, 5.41) is 18.6. The van der Waals surface area contributed by atoms with Crippen LogP contribution in [-0.4, -0.2) is 77.0 Å². The first kappa shape index (κ1) is 35.0. The number of aromatic nitrogens is 1. The van der Waals surface area contributed by atoms with E-state index in [0.717, 1.165) is 16.5 Å². The minimum atomic E-state index is -1.17. The lowest BCUT2D eigenvalue weighted by Gasteiger charge is -2.25. The van der Waals surface area contributed by atoms with Gasteiger partial charge >= 0.3 is 5.97 Å². The number of para-hydroxylation sites is 1. The zero-order valence-electron chi connectivity index (χ0n) is 25.0. The van der Waals surface area contributed by atoms with Crippen molar-refractivity contribution < 1.29 is 24.3 Å². The van der Waals surface area contributed by atoms with Crippen molar-refractivity contribution in [1.29, 1.82) is 0 Å². The predicted octanol–water partition coefficient (Wildman–Crippen LogP) is -0.195. The average molecular weight is 602 g/mol. The van der Waals surface area contributed by atoms with Gasteiger partial charge in [0.15, 0.2) is 5.96 Å². The number of carboxylic acids is 1. The van der Waals surface area contributed by atoms with Gasteiger partial charge in [-0.3, -0.25) is 19.4 Å². The Kier molecular flexibility index (Phi) is 14.4. The topological polar surface area (TPSA) is 257 Å². The maximum absolute atomic E-state index is 13.6. The normalized spacial score (nSPS) is 14.0. The number of unbranched alkanes of at least 4 members (excludes halogenated alkanes) is 1. The maximum atomic E-state index is 13.6. The number of carboxylic acid groups (broad SMARTS) is 1. The van der Waals surface area contributed by atoms with Gasteiger partial charge in [-0.25, -0.2) is 4.79 Å². The van der Waals surface area contributed by atoms with E-state index in [9.17, 15) is 24.3 Å². The summed E-state index contributed by atoms with van der Waals surface area (Å²) in [6, 6.07) is 3.36. The molecule has 14 heteroatoms. The molecule has 14 nitrogen and oxygen atoms in total. The van der Waals surface area contributed by atoms with Crippen molar-refractivity contribution in [3.63, 3.8) is 0 Å². The maximum Gasteiger partial charge on any atom is 0.326 e. The molecule has 0 aliphatic heterocycles. The van der Waals surface area contributed by atoms with Crippen LogP contribution in [0.15, 0.2) is 35.5 Å². The lowest BCUT2D eigenvalue weighted by atomic mass is 10.0. The van der Waals surface area contributed by atoms with E-state index in [4.69, 9.17) is 22.9 Å². The van der Waals surface area contributed by atoms with Crippen molar-refractivity contribution >= 4 is 40.6 Å². The summed E-state index contributed by atoms with van der Waals surface area (Å²) in [7, 11) is 0. The van der Waals surface area contributed by atoms with E-state index in [1.165, 1.54) is 0 Å². The van der Waals surface area contributed by atoms with Crippen LogP contribution in [0.1, 0.15) is 57.9 Å². The molecule has 0 spiro atoms. The predicted molar refractivity (Wildman–Crippen MR) is 166 cm³/mol. The summed E-state index contributed by atoms with van der Waals surface area (Å²) in [5.41, 5.74) is 24.0. The molecule has 0 bridgehead atoms. The molecule has 1 aromatic carbocycles. The Hall–Kier alpha value is -4.17. The first-order valence-electron chi connectivity index (χ1n) is 14.6. The Balaban J connectivity index is 2.26. The molecule has 3 amide bonds. The van der Waals surface area contributed by atoms with Gasteiger partial charge in [0.1, 0.15) is 18.1 Å². The molecule has 0 radical (unpaired) electrons. The lowest BCUT2D eigenvalue weighted by molar-refractivity contribution is -0.142. The van der Waals surface area contributed by atoms with Crippen molar-refractivity contribution in [2.24, 2.45) is 33.8 Å². The van der Waals surface area contributed by atoms with Gasteiger partial charge < -0.3 is 49.0 Å². The molecule has 0 aliphatic carbocycles. The quantitative estimate of drug-likeness (QED) is 0.0586. The fraction of sp³-hybridized carbons (Fsp3) is 0.552. The number of amides is 3. The number of nitrogens with two attached hydrogens (primary N) is 4. The summed E-state index contributed by atoms with van der Waals surface area (Å²) >= 11 is 0. The van der Waals surface area contributed by atoms with E-state index < -0.39 is 47.9 Å². The summed E-state index contributed by atoms with van der Waals surface area (Å²) in [4.78, 5) is 58.9. The standard InChI is InChI=1S/C29H47N9O5/c1-17(2)14-24(28(42)43)38-27(41)23(15-18-16-35-21-10-4-3-8-19(18)21)37-26(40)22(11-5-6-12-30)36-25(39)20(31)9-7-13-34-29(32)33/h3-4,8,10,16-17,20,22-24,35H,5-7,9,11-15,30-31H2,1-2H3,(H,36,39)(H,37,40)(H,38,41)(H,42,43)(H4,32,33,34). The van der Waals surface area contributed by atoms with Gasteiger partial charge in [0.2, 0.25) is 17.7 Å². The van der Waals surface area contributed by atoms with Crippen LogP contribution < -0.4 is 38.9 Å². The number of aliphatic imine (C=N–C) groups is 1. The number of rotatable bonds is 19. The van der Waals surface area contributed by atoms with Crippen molar-refractivity contribution in [1.82, 2.24) is 20.9 Å². The van der Waals surface area contributed by atoms with Crippen LogP contribution in [0.5, 0.6) is 0 Å². The molecule has 13 N–H and O–H groups in total. The summed E-state index contributed by atoms with van der Waals surface area (Å²) in [5.74, 6) is -2.98. The second-order valence-corrected chi connectivity index (χ2v) is 11.1. The van der Waals surface area contributed by atoms with E-state index in [2.05, 4.69) is 25.9 Å². The van der Waals surface area contributed by atoms with E-state index in [0.29, 0.717) is 32.4 Å². The number of nitrogens with zero attached hydrogens (tertiary/aromatic N) is 1. The van der Waals surface area contributed by atoms with E-state index in [1.54, 1.807) is 6.20 Å². The third-order valence-electron chi connectivity index (χ3n) is 6.94. The number of carbonyl (C=O) groups is 4. The first-order valence-corrected chi connectivity index (χ1v) is 14.6. The molecule has 1 aromatic heterocycles. The number of nitrogens with one attached hydrogen (secondary N) is 4. The molecular formula is C29H47N9O5. The van der Waals surface area contributed by atoms with Crippen LogP contribution in [-0.2, 0) is 25.6 Å². The third kappa shape index (κ3) is 11.9. The van der Waals surface area contributed by atoms with Gasteiger partial charge in [-0.15, -0.1) is 0 Å². The Labute approximate surface area is 251 Å². The van der Waals surface area contributed by atoms with Crippen LogP contribution in [0.25, 0.3) is 10.9 Å². The Morgan fingerprint density at radius 1 is 0.907 bits per heavy atom. The number of benzene rings is 1. The second-order valence-electron chi connectivity index (χ2n) is 11.1. The highest BCUT2D eigenvalue weighted by Gasteiger charge is 2.31. The Bertz CT molecular complexity index is 1240. The van der Waals surface area contributed by atoms with Gasteiger partial charge in [0.25, 0.3) is 0 Å². The van der Waals surface area contributed by atoms with Gasteiger partial charge in [-0.1, -0.05) is 32.0 Å². The largest absolute Gasteiger partial charge is 0.480 e. The van der Waals surface area contributed by atoms with E-state index in [1.807, 2.05) is 38.1 Å². The SMILES string of the molecule is CC(C)CC(NC(=O)C(Cc1c[nH]c2ccccc12)NC(=O)C(CCCCN)NC(=O)C(N)CCCN=C(N)N)C(=O)O. The highest BCUT2D eigenvalue weighted by atomic mass is 16.4. The Morgan fingerprint density at radius 2 is 1.56 bits per heavy atom. The van der Waals surface area contributed by atoms with Crippen molar-refractivity contribution in [3.05, 3.63) is 36.0 Å². The summed E-state index contributed by atoms with van der Waals surface area (Å²) < 4.78 is 0. The fourth-order valence-corrected chi connectivity index (χ4v) is 4.66. The summed E-state index contributed by atoms with van der Waals surface area (Å²) in [6.45, 7) is 4.42. The van der Waals surface area contributed by atoms with Crippen LogP contribution in [0.2, 0.25) is 0 Å². The van der Waals surface area contributed by atoms with Crippen LogP contribution in [0, 0.1) is 5.92 Å². The number of fused-ring (bicyclic) bond motifs is 1. The molecule has 238 valence electrons. The molecule has 0 saturated heterocycles. The number of H-pyrrole nitrogens is 1. The zero-order chi connectivity index (χ0) is 31.9. The van der Waals surface area contributed by atoms with Crippen LogP contribution in [0.3, 0.4) is 0 Å². The number of hydrogen-bond donors (Lipinski definition) is 9. The molecule has 0 saturated carbocycles. The molecule has 0 aliphatic rings. The minimum Gasteiger partial charge on any atom is -0.480 e. The first-order chi connectivity index (χ1) is 20.4. The fourth-order valence-electron chi connectivity index (χ4n) is 4.66. The number of carbonyl (C=O) groups excluding carboxylic acids is 3. The second kappa shape index (κ2) is 17.7. The number of aromatic amines is 1. The van der Waals surface area contributed by atoms with Crippen molar-refractivity contribution in [3.8, 4) is 0 Å². The molecule has 1 heterocycles. The van der Waals surface area contributed by atoms with Crippen molar-refractivity contribution in [2.45, 2.75) is 83.0 Å². The molecule has 2 aromatic rings. The van der Waals surface area contributed by atoms with Gasteiger partial charge in [0.05, 0.1) is 6.04 Å². The van der Waals surface area contributed by atoms with Crippen LogP contribution in [0.4, 0.5) is 0 Å². The highest BCUT2D eigenvalue weighted by molar-refractivity contribution is 5.94. The number of hydrogen-bond acceptors (Lipinski definition) is 7. The number of guanidine groups is 1. The molecule has 4 atom stereocenters. The average Bonchev–Trinajstić information content (AvgIpc) is 3.36. The summed E-state index contributed by atoms with van der Waals surface area (Å²) in [6.07, 6.45) is 4.24. The minimum absolute atomic E-state index is 0.00821. The Morgan fingerprint density at radius 3 is 2.21 bits per heavy atom. The zero-order valence-corrected chi connectivity index (χ0v) is 25.0. The molecule has 4 unspecified atom stereocenters. The molecular weight excluding hydrogens is 554 g/mol. The van der Waals surface area contributed by atoms with Gasteiger partial charge in [-0.05, 0) is 62.6 Å². The van der Waals surface area contributed by atoms with Crippen LogP contribution >= 0.6 is 0 Å². The third-order valence-corrected chi connectivity index (χ3v) is 6.94. The van der Waals surface area contributed by atoms with E-state index >= 15 is 0 Å².